The lowest BCUT2D eigenvalue weighted by atomic mass is 9.67. The maximum atomic E-state index is 12.2. The van der Waals surface area contributed by atoms with Gasteiger partial charge in [0.15, 0.2) is 0 Å². The van der Waals surface area contributed by atoms with Gasteiger partial charge >= 0.3 is 6.36 Å². The highest BCUT2D eigenvalue weighted by Gasteiger charge is 2.42. The van der Waals surface area contributed by atoms with E-state index in [0.29, 0.717) is 13.0 Å². The molecule has 1 aromatic carbocycles. The van der Waals surface area contributed by atoms with Crippen LogP contribution in [0.25, 0.3) is 0 Å². The van der Waals surface area contributed by atoms with Gasteiger partial charge in [0.25, 0.3) is 0 Å². The predicted molar refractivity (Wildman–Crippen MR) is 77.8 cm³/mol. The van der Waals surface area contributed by atoms with Crippen LogP contribution in [0.4, 0.5) is 13.2 Å². The second kappa shape index (κ2) is 6.46. The average Bonchev–Trinajstić information content (AvgIpc) is 2.40. The summed E-state index contributed by atoms with van der Waals surface area (Å²) < 4.78 is 40.6. The lowest BCUT2D eigenvalue weighted by Gasteiger charge is -2.43. The summed E-state index contributed by atoms with van der Waals surface area (Å²) in [5.74, 6) is -0.235. The summed E-state index contributed by atoms with van der Waals surface area (Å²) in [4.78, 5) is 2.01. The summed E-state index contributed by atoms with van der Waals surface area (Å²) in [6.07, 6.45) is -1.65. The molecule has 0 bridgehead atoms. The first-order valence-corrected chi connectivity index (χ1v) is 7.42. The smallest absolute Gasteiger partial charge is 0.406 e. The van der Waals surface area contributed by atoms with E-state index >= 15 is 0 Å². The molecule has 0 spiro atoms. The van der Waals surface area contributed by atoms with E-state index in [2.05, 4.69) is 4.74 Å². The number of likely N-dealkylation sites (N-methyl/N-ethyl adjacent to an activating group) is 1. The Kier molecular flexibility index (Phi) is 5.02. The molecular weight excluding hydrogens is 295 g/mol. The Morgan fingerprint density at radius 2 is 1.86 bits per heavy atom. The second-order valence-electron chi connectivity index (χ2n) is 6.23. The van der Waals surface area contributed by atoms with Gasteiger partial charge in [-0.3, -0.25) is 0 Å². The molecule has 0 saturated heterocycles. The van der Waals surface area contributed by atoms with Gasteiger partial charge in [-0.05, 0) is 44.6 Å². The van der Waals surface area contributed by atoms with Crippen LogP contribution >= 0.6 is 0 Å². The molecule has 2 rings (SSSR count). The minimum Gasteiger partial charge on any atom is -0.406 e. The Morgan fingerprint density at radius 3 is 2.36 bits per heavy atom. The summed E-state index contributed by atoms with van der Waals surface area (Å²) >= 11 is 0. The van der Waals surface area contributed by atoms with Gasteiger partial charge in [0.2, 0.25) is 0 Å². The minimum atomic E-state index is -4.69. The molecular formula is C16H22F3NO2. The van der Waals surface area contributed by atoms with E-state index < -0.39 is 17.9 Å². The predicted octanol–water partition coefficient (Wildman–Crippen LogP) is 3.32. The van der Waals surface area contributed by atoms with Gasteiger partial charge < -0.3 is 14.7 Å². The number of hydrogen-bond acceptors (Lipinski definition) is 3. The fourth-order valence-electron chi connectivity index (χ4n) is 3.39. The number of nitrogens with zero attached hydrogens (tertiary/aromatic N) is 1. The number of halogens is 3. The first-order valence-electron chi connectivity index (χ1n) is 7.42. The Morgan fingerprint density at radius 1 is 1.23 bits per heavy atom. The zero-order valence-electron chi connectivity index (χ0n) is 12.9. The van der Waals surface area contributed by atoms with Gasteiger partial charge in [-0.15, -0.1) is 13.2 Å². The van der Waals surface area contributed by atoms with Gasteiger partial charge in [-0.1, -0.05) is 25.0 Å². The van der Waals surface area contributed by atoms with Crippen LogP contribution in [0.2, 0.25) is 0 Å². The number of benzene rings is 1. The van der Waals surface area contributed by atoms with E-state index in [0.717, 1.165) is 24.8 Å². The summed E-state index contributed by atoms with van der Waals surface area (Å²) in [7, 11) is 3.87. The van der Waals surface area contributed by atoms with Crippen LogP contribution in [0.3, 0.4) is 0 Å². The zero-order chi connectivity index (χ0) is 16.4. The molecule has 6 heteroatoms. The molecule has 0 aromatic heterocycles. The third-order valence-corrected chi connectivity index (χ3v) is 4.25. The van der Waals surface area contributed by atoms with Crippen molar-refractivity contribution in [2.45, 2.75) is 43.6 Å². The van der Waals surface area contributed by atoms with Crippen LogP contribution in [0.1, 0.15) is 31.2 Å². The third-order valence-electron chi connectivity index (χ3n) is 4.25. The molecule has 1 saturated carbocycles. The highest BCUT2D eigenvalue weighted by atomic mass is 19.4. The maximum absolute atomic E-state index is 12.2. The van der Waals surface area contributed by atoms with E-state index in [1.807, 2.05) is 19.0 Å². The largest absolute Gasteiger partial charge is 0.573 e. The molecule has 0 unspecified atom stereocenters. The van der Waals surface area contributed by atoms with Crippen LogP contribution in [0, 0.1) is 0 Å². The van der Waals surface area contributed by atoms with Crippen LogP contribution in [-0.4, -0.2) is 43.1 Å². The van der Waals surface area contributed by atoms with Crippen molar-refractivity contribution in [2.24, 2.45) is 0 Å². The van der Waals surface area contributed by atoms with Gasteiger partial charge in [-0.25, -0.2) is 0 Å². The van der Waals surface area contributed by atoms with Crippen molar-refractivity contribution in [3.63, 3.8) is 0 Å². The average molecular weight is 317 g/mol. The molecule has 0 amide bonds. The number of hydrogen-bond donors (Lipinski definition) is 1. The minimum absolute atomic E-state index is 0.235. The molecule has 1 aliphatic carbocycles. The number of aliphatic hydroxyl groups excluding tert-OH is 1. The van der Waals surface area contributed by atoms with Crippen molar-refractivity contribution in [1.29, 1.82) is 0 Å². The topological polar surface area (TPSA) is 32.7 Å². The summed E-state index contributed by atoms with van der Waals surface area (Å²) in [5, 5.41) is 10.5. The highest BCUT2D eigenvalue weighted by molar-refractivity contribution is 5.34. The van der Waals surface area contributed by atoms with E-state index in [1.54, 1.807) is 12.1 Å². The maximum Gasteiger partial charge on any atom is 0.573 e. The van der Waals surface area contributed by atoms with Gasteiger partial charge in [0.05, 0.1) is 6.10 Å². The zero-order valence-corrected chi connectivity index (χ0v) is 12.9. The fraction of sp³-hybridized carbons (Fsp3) is 0.625. The van der Waals surface area contributed by atoms with Gasteiger partial charge in [0, 0.05) is 12.0 Å². The lowest BCUT2D eigenvalue weighted by molar-refractivity contribution is -0.274. The second-order valence-corrected chi connectivity index (χ2v) is 6.23. The molecule has 1 aromatic rings. The van der Waals surface area contributed by atoms with Crippen molar-refractivity contribution in [2.75, 3.05) is 20.6 Å². The number of aliphatic hydroxyl groups is 1. The van der Waals surface area contributed by atoms with Crippen molar-refractivity contribution < 1.29 is 23.0 Å². The molecule has 0 aliphatic heterocycles. The molecule has 3 nitrogen and oxygen atoms in total. The number of alkyl halides is 3. The quantitative estimate of drug-likeness (QED) is 0.925. The molecule has 0 heterocycles. The van der Waals surface area contributed by atoms with E-state index in [-0.39, 0.29) is 5.75 Å². The molecule has 0 radical (unpaired) electrons. The summed E-state index contributed by atoms with van der Waals surface area (Å²) in [5.41, 5.74) is 0.432. The van der Waals surface area contributed by atoms with Crippen LogP contribution in [0.15, 0.2) is 24.3 Å². The van der Waals surface area contributed by atoms with E-state index in [4.69, 9.17) is 0 Å². The normalized spacial score (nSPS) is 26.2. The monoisotopic (exact) mass is 317 g/mol. The molecule has 1 N–H and O–H groups in total. The SMILES string of the molecule is CN(C)C[C@]1(c2ccc(OC(F)(F)F)cc2)CCCC[C@H]1O. The Hall–Kier alpha value is -1.27. The Balaban J connectivity index is 2.28. The van der Waals surface area contributed by atoms with Gasteiger partial charge in [-0.2, -0.15) is 0 Å². The van der Waals surface area contributed by atoms with Crippen molar-refractivity contribution in [3.05, 3.63) is 29.8 Å². The first-order chi connectivity index (χ1) is 10.2. The van der Waals surface area contributed by atoms with E-state index in [1.165, 1.54) is 12.1 Å². The lowest BCUT2D eigenvalue weighted by Crippen LogP contribution is -2.49. The van der Waals surface area contributed by atoms with Crippen LogP contribution in [-0.2, 0) is 5.41 Å². The molecule has 124 valence electrons. The van der Waals surface area contributed by atoms with Crippen LogP contribution in [0.5, 0.6) is 5.75 Å². The molecule has 22 heavy (non-hydrogen) atoms. The molecule has 1 fully saturated rings. The number of ether oxygens (including phenoxy) is 1. The highest BCUT2D eigenvalue weighted by Crippen LogP contribution is 2.41. The van der Waals surface area contributed by atoms with Crippen molar-refractivity contribution in [1.82, 2.24) is 4.90 Å². The standard InChI is InChI=1S/C16H22F3NO2/c1-20(2)11-15(10-4-3-5-14(15)21)12-6-8-13(9-7-12)22-16(17,18)19/h6-9,14,21H,3-5,10-11H2,1-2H3/t14-,15+/m1/s1. The fourth-order valence-corrected chi connectivity index (χ4v) is 3.39. The van der Waals surface area contributed by atoms with Crippen molar-refractivity contribution in [3.8, 4) is 5.75 Å². The first kappa shape index (κ1) is 17.1. The Labute approximate surface area is 128 Å². The Bertz CT molecular complexity index is 487. The van der Waals surface area contributed by atoms with Gasteiger partial charge in [0.1, 0.15) is 5.75 Å². The third kappa shape index (κ3) is 3.93. The summed E-state index contributed by atoms with van der Waals surface area (Å²) in [6.45, 7) is 0.660. The van der Waals surface area contributed by atoms with Crippen LogP contribution < -0.4 is 4.74 Å². The number of rotatable bonds is 4. The molecule has 1 aliphatic rings. The van der Waals surface area contributed by atoms with E-state index in [9.17, 15) is 18.3 Å². The summed E-state index contributed by atoms with van der Waals surface area (Å²) in [6, 6.07) is 5.92. The molecule has 2 atom stereocenters. The van der Waals surface area contributed by atoms with Crippen molar-refractivity contribution >= 4 is 0 Å².